The van der Waals surface area contributed by atoms with E-state index in [9.17, 15) is 4.79 Å². The summed E-state index contributed by atoms with van der Waals surface area (Å²) >= 11 is 0. The Kier molecular flexibility index (Phi) is 5.76. The van der Waals surface area contributed by atoms with E-state index in [-0.39, 0.29) is 5.91 Å². The summed E-state index contributed by atoms with van der Waals surface area (Å²) in [5.41, 5.74) is 8.22. The zero-order valence-electron chi connectivity index (χ0n) is 13.2. The van der Waals surface area contributed by atoms with Crippen LogP contribution in [0.2, 0.25) is 0 Å². The molecule has 0 spiro atoms. The summed E-state index contributed by atoms with van der Waals surface area (Å²) in [6.07, 6.45) is 4.05. The summed E-state index contributed by atoms with van der Waals surface area (Å²) in [4.78, 5) is 13.7. The Hall–Kier alpha value is -1.39. The predicted octanol–water partition coefficient (Wildman–Crippen LogP) is 2.06. The van der Waals surface area contributed by atoms with Gasteiger partial charge in [-0.2, -0.15) is 0 Å². The van der Waals surface area contributed by atoms with Crippen LogP contribution >= 0.6 is 0 Å². The normalized spacial score (nSPS) is 17.6. The van der Waals surface area contributed by atoms with Gasteiger partial charge < -0.3 is 16.0 Å². The molecule has 1 atom stereocenters. The van der Waals surface area contributed by atoms with E-state index in [1.807, 2.05) is 25.1 Å². The largest absolute Gasteiger partial charge is 0.366 e. The molecule has 3 N–H and O–H groups in total. The van der Waals surface area contributed by atoms with Gasteiger partial charge in [-0.3, -0.25) is 4.79 Å². The molecule has 0 aliphatic carbocycles. The number of nitrogens with two attached hydrogens (primary N) is 1. The topological polar surface area (TPSA) is 58.4 Å². The highest BCUT2D eigenvalue weighted by Crippen LogP contribution is 2.12. The van der Waals surface area contributed by atoms with E-state index in [2.05, 4.69) is 17.1 Å². The number of rotatable bonds is 6. The predicted molar refractivity (Wildman–Crippen MR) is 86.3 cm³/mol. The lowest BCUT2D eigenvalue weighted by atomic mass is 10.0. The van der Waals surface area contributed by atoms with Gasteiger partial charge in [0.15, 0.2) is 0 Å². The van der Waals surface area contributed by atoms with Gasteiger partial charge in [0.25, 0.3) is 0 Å². The van der Waals surface area contributed by atoms with Crippen LogP contribution in [-0.2, 0) is 6.54 Å². The molecule has 0 aromatic heterocycles. The molecule has 1 amide bonds. The standard InChI is InChI=1S/C17H27N3O/c1-13-10-15(17(18)21)6-7-16(13)11-19-14(2)12-20-8-4-3-5-9-20/h6-7,10,14,19H,3-5,8-9,11-12H2,1-2H3,(H2,18,21). The zero-order valence-corrected chi connectivity index (χ0v) is 13.2. The Balaban J connectivity index is 1.83. The minimum Gasteiger partial charge on any atom is -0.366 e. The number of carbonyl (C=O) groups excluding carboxylic acids is 1. The second-order valence-electron chi connectivity index (χ2n) is 6.15. The molecular formula is C17H27N3O. The molecule has 1 fully saturated rings. The van der Waals surface area contributed by atoms with E-state index < -0.39 is 0 Å². The van der Waals surface area contributed by atoms with E-state index in [1.165, 1.54) is 37.9 Å². The number of nitrogens with one attached hydrogen (secondary N) is 1. The molecular weight excluding hydrogens is 262 g/mol. The maximum Gasteiger partial charge on any atom is 0.248 e. The monoisotopic (exact) mass is 289 g/mol. The number of hydrogen-bond donors (Lipinski definition) is 2. The van der Waals surface area contributed by atoms with Gasteiger partial charge >= 0.3 is 0 Å². The van der Waals surface area contributed by atoms with E-state index in [0.717, 1.165) is 18.7 Å². The number of hydrogen-bond acceptors (Lipinski definition) is 3. The summed E-state index contributed by atoms with van der Waals surface area (Å²) in [6.45, 7) is 8.68. The molecule has 0 saturated carbocycles. The van der Waals surface area contributed by atoms with E-state index in [4.69, 9.17) is 5.73 Å². The molecule has 1 unspecified atom stereocenters. The lowest BCUT2D eigenvalue weighted by Gasteiger charge is -2.29. The number of primary amides is 1. The molecule has 1 aromatic carbocycles. The molecule has 1 heterocycles. The lowest BCUT2D eigenvalue weighted by Crippen LogP contribution is -2.41. The van der Waals surface area contributed by atoms with Crippen molar-refractivity contribution in [2.75, 3.05) is 19.6 Å². The maximum absolute atomic E-state index is 11.2. The van der Waals surface area contributed by atoms with Crippen LogP contribution in [0.15, 0.2) is 18.2 Å². The van der Waals surface area contributed by atoms with Crippen LogP contribution in [0.4, 0.5) is 0 Å². The Morgan fingerprint density at radius 2 is 2.05 bits per heavy atom. The van der Waals surface area contributed by atoms with Crippen LogP contribution in [0.1, 0.15) is 47.7 Å². The van der Waals surface area contributed by atoms with Crippen LogP contribution < -0.4 is 11.1 Å². The van der Waals surface area contributed by atoms with Crippen molar-refractivity contribution in [1.82, 2.24) is 10.2 Å². The quantitative estimate of drug-likeness (QED) is 0.843. The lowest BCUT2D eigenvalue weighted by molar-refractivity contribution is 0.1000. The fourth-order valence-electron chi connectivity index (χ4n) is 2.93. The smallest absolute Gasteiger partial charge is 0.248 e. The summed E-state index contributed by atoms with van der Waals surface area (Å²) in [5, 5.41) is 3.58. The molecule has 2 rings (SSSR count). The van der Waals surface area contributed by atoms with Gasteiger partial charge in [-0.05, 0) is 63.0 Å². The van der Waals surface area contributed by atoms with Crippen molar-refractivity contribution in [3.8, 4) is 0 Å². The van der Waals surface area contributed by atoms with Crippen LogP contribution in [0, 0.1) is 6.92 Å². The summed E-state index contributed by atoms with van der Waals surface area (Å²) in [5.74, 6) is -0.365. The second kappa shape index (κ2) is 7.57. The van der Waals surface area contributed by atoms with Crippen molar-refractivity contribution in [2.24, 2.45) is 5.73 Å². The Morgan fingerprint density at radius 3 is 2.67 bits per heavy atom. The van der Waals surface area contributed by atoms with Crippen LogP contribution in [0.25, 0.3) is 0 Å². The third-order valence-electron chi connectivity index (χ3n) is 4.25. The molecule has 0 radical (unpaired) electrons. The summed E-state index contributed by atoms with van der Waals surface area (Å²) < 4.78 is 0. The van der Waals surface area contributed by atoms with Crippen molar-refractivity contribution in [2.45, 2.75) is 45.7 Å². The minimum absolute atomic E-state index is 0.365. The third-order valence-corrected chi connectivity index (χ3v) is 4.25. The number of amides is 1. The van der Waals surface area contributed by atoms with E-state index in [0.29, 0.717) is 11.6 Å². The molecule has 1 aliphatic rings. The number of aryl methyl sites for hydroxylation is 1. The maximum atomic E-state index is 11.2. The van der Waals surface area contributed by atoms with E-state index in [1.54, 1.807) is 0 Å². The van der Waals surface area contributed by atoms with Gasteiger partial charge in [-0.1, -0.05) is 12.5 Å². The number of piperidine rings is 1. The molecule has 116 valence electrons. The summed E-state index contributed by atoms with van der Waals surface area (Å²) in [6, 6.07) is 6.14. The van der Waals surface area contributed by atoms with Gasteiger partial charge in [0.1, 0.15) is 0 Å². The Bertz CT molecular complexity index is 481. The third kappa shape index (κ3) is 4.83. The molecule has 1 saturated heterocycles. The van der Waals surface area contributed by atoms with Crippen LogP contribution in [0.3, 0.4) is 0 Å². The molecule has 0 bridgehead atoms. The SMILES string of the molecule is Cc1cc(C(N)=O)ccc1CNC(C)CN1CCCCC1. The van der Waals surface area contributed by atoms with Crippen molar-refractivity contribution >= 4 is 5.91 Å². The fraction of sp³-hybridized carbons (Fsp3) is 0.588. The Morgan fingerprint density at radius 1 is 1.33 bits per heavy atom. The molecule has 1 aliphatic heterocycles. The minimum atomic E-state index is -0.365. The number of benzene rings is 1. The number of carbonyl (C=O) groups is 1. The molecule has 21 heavy (non-hydrogen) atoms. The van der Waals surface area contributed by atoms with Gasteiger partial charge in [0.2, 0.25) is 5.91 Å². The highest BCUT2D eigenvalue weighted by molar-refractivity contribution is 5.93. The van der Waals surface area contributed by atoms with E-state index >= 15 is 0 Å². The second-order valence-corrected chi connectivity index (χ2v) is 6.15. The highest BCUT2D eigenvalue weighted by Gasteiger charge is 2.13. The first-order valence-electron chi connectivity index (χ1n) is 7.91. The van der Waals surface area contributed by atoms with Crippen molar-refractivity contribution in [3.05, 3.63) is 34.9 Å². The first kappa shape index (κ1) is 16.0. The van der Waals surface area contributed by atoms with Crippen LogP contribution in [0.5, 0.6) is 0 Å². The average Bonchev–Trinajstić information content (AvgIpc) is 2.47. The highest BCUT2D eigenvalue weighted by atomic mass is 16.1. The average molecular weight is 289 g/mol. The zero-order chi connectivity index (χ0) is 15.2. The molecule has 4 nitrogen and oxygen atoms in total. The number of likely N-dealkylation sites (tertiary alicyclic amines) is 1. The molecule has 1 aromatic rings. The van der Waals surface area contributed by atoms with Crippen molar-refractivity contribution in [3.63, 3.8) is 0 Å². The van der Waals surface area contributed by atoms with Gasteiger partial charge in [-0.25, -0.2) is 0 Å². The number of nitrogens with zero attached hydrogens (tertiary/aromatic N) is 1. The first-order valence-corrected chi connectivity index (χ1v) is 7.91. The molecule has 4 heteroatoms. The van der Waals surface area contributed by atoms with Crippen molar-refractivity contribution < 1.29 is 4.79 Å². The van der Waals surface area contributed by atoms with Gasteiger partial charge in [-0.15, -0.1) is 0 Å². The van der Waals surface area contributed by atoms with Gasteiger partial charge in [0, 0.05) is 24.7 Å². The Labute approximate surface area is 127 Å². The first-order chi connectivity index (χ1) is 10.1. The summed E-state index contributed by atoms with van der Waals surface area (Å²) in [7, 11) is 0. The van der Waals surface area contributed by atoms with Gasteiger partial charge in [0.05, 0.1) is 0 Å². The van der Waals surface area contributed by atoms with Crippen molar-refractivity contribution in [1.29, 1.82) is 0 Å². The fourth-order valence-corrected chi connectivity index (χ4v) is 2.93. The van der Waals surface area contributed by atoms with Crippen LogP contribution in [-0.4, -0.2) is 36.5 Å².